The van der Waals surface area contributed by atoms with Gasteiger partial charge in [-0.15, -0.1) is 0 Å². The summed E-state index contributed by atoms with van der Waals surface area (Å²) >= 11 is 0. The Hall–Kier alpha value is -0.610. The monoisotopic (exact) mass is 160 g/mol. The van der Waals surface area contributed by atoms with Crippen LogP contribution in [0.3, 0.4) is 0 Å². The summed E-state index contributed by atoms with van der Waals surface area (Å²) in [7, 11) is 0. The van der Waals surface area contributed by atoms with Gasteiger partial charge in [0.15, 0.2) is 0 Å². The Morgan fingerprint density at radius 1 is 1.55 bits per heavy atom. The van der Waals surface area contributed by atoms with Crippen LogP contribution in [0.1, 0.15) is 20.8 Å². The molecule has 0 fully saturated rings. The van der Waals surface area contributed by atoms with E-state index in [1.807, 2.05) is 20.8 Å². The van der Waals surface area contributed by atoms with E-state index in [1.54, 1.807) is 0 Å². The second-order valence-electron chi connectivity index (χ2n) is 2.49. The van der Waals surface area contributed by atoms with Crippen molar-refractivity contribution in [2.24, 2.45) is 0 Å². The van der Waals surface area contributed by atoms with Gasteiger partial charge in [-0.05, 0) is 6.92 Å². The molecule has 0 aromatic carbocycles. The lowest BCUT2D eigenvalue weighted by molar-refractivity contribution is -0.132. The molecule has 0 bridgehead atoms. The van der Waals surface area contributed by atoms with Crippen molar-refractivity contribution >= 4 is 5.91 Å². The van der Waals surface area contributed by atoms with Crippen LogP contribution in [0.15, 0.2) is 0 Å². The zero-order valence-electron chi connectivity index (χ0n) is 7.31. The molecule has 0 aromatic heterocycles. The Bertz CT molecular complexity index is 115. The lowest BCUT2D eigenvalue weighted by Crippen LogP contribution is -2.36. The summed E-state index contributed by atoms with van der Waals surface area (Å²) in [5.74, 6) is -0.138. The lowest BCUT2D eigenvalue weighted by atomic mass is 10.4. The highest BCUT2D eigenvalue weighted by molar-refractivity contribution is 5.76. The number of carbonyl (C=O) groups is 1. The molecule has 4 nitrogen and oxygen atoms in total. The molecule has 4 heteroatoms. The third-order valence-electron chi connectivity index (χ3n) is 1.00. The fraction of sp³-hybridized carbons (Fsp3) is 0.857. The van der Waals surface area contributed by atoms with Crippen LogP contribution < -0.4 is 10.8 Å². The van der Waals surface area contributed by atoms with Crippen molar-refractivity contribution in [3.05, 3.63) is 0 Å². The molecule has 2 N–H and O–H groups in total. The number of carbonyl (C=O) groups excluding carboxylic acids is 1. The Kier molecular flexibility index (Phi) is 5.78. The topological polar surface area (TPSA) is 50.4 Å². The van der Waals surface area contributed by atoms with Crippen molar-refractivity contribution in [3.8, 4) is 0 Å². The molecule has 11 heavy (non-hydrogen) atoms. The normalized spacial score (nSPS) is 10.2. The van der Waals surface area contributed by atoms with E-state index in [0.717, 1.165) is 0 Å². The molecular formula is C7H16N2O2. The molecule has 0 aliphatic heterocycles. The summed E-state index contributed by atoms with van der Waals surface area (Å²) < 4.78 is 0. The van der Waals surface area contributed by atoms with E-state index in [9.17, 15) is 4.79 Å². The summed E-state index contributed by atoms with van der Waals surface area (Å²) in [6, 6.07) is 0.322. The average molecular weight is 160 g/mol. The molecule has 0 radical (unpaired) electrons. The van der Waals surface area contributed by atoms with Gasteiger partial charge < -0.3 is 5.32 Å². The van der Waals surface area contributed by atoms with E-state index in [4.69, 9.17) is 0 Å². The van der Waals surface area contributed by atoms with Crippen LogP contribution in [0.5, 0.6) is 0 Å². The van der Waals surface area contributed by atoms with Crippen molar-refractivity contribution in [1.82, 2.24) is 10.8 Å². The van der Waals surface area contributed by atoms with Crippen LogP contribution in [0, 0.1) is 0 Å². The van der Waals surface area contributed by atoms with Crippen LogP contribution in [0.2, 0.25) is 0 Å². The first-order valence-corrected chi connectivity index (χ1v) is 3.80. The molecule has 66 valence electrons. The van der Waals surface area contributed by atoms with Crippen molar-refractivity contribution in [1.29, 1.82) is 0 Å². The van der Waals surface area contributed by atoms with E-state index < -0.39 is 0 Å². The zero-order chi connectivity index (χ0) is 8.69. The fourth-order valence-corrected chi connectivity index (χ4v) is 0.486. The first-order valence-electron chi connectivity index (χ1n) is 3.80. The summed E-state index contributed by atoms with van der Waals surface area (Å²) in [6.45, 7) is 6.57. The fourth-order valence-electron chi connectivity index (χ4n) is 0.486. The van der Waals surface area contributed by atoms with E-state index in [0.29, 0.717) is 19.2 Å². The van der Waals surface area contributed by atoms with Gasteiger partial charge in [0, 0.05) is 6.04 Å². The molecule has 0 aliphatic carbocycles. The summed E-state index contributed by atoms with van der Waals surface area (Å²) in [5.41, 5.74) is 2.29. The molecule has 0 aliphatic rings. The second-order valence-corrected chi connectivity index (χ2v) is 2.49. The van der Waals surface area contributed by atoms with E-state index in [2.05, 4.69) is 15.6 Å². The number of hydrogen-bond acceptors (Lipinski definition) is 3. The predicted octanol–water partition coefficient (Wildman–Crippen LogP) is 0.0521. The highest BCUT2D eigenvalue weighted by atomic mass is 16.6. The van der Waals surface area contributed by atoms with Crippen molar-refractivity contribution < 1.29 is 9.63 Å². The maximum Gasteiger partial charge on any atom is 0.257 e. The Labute approximate surface area is 67.3 Å². The molecule has 0 saturated carbocycles. The highest BCUT2D eigenvalue weighted by Gasteiger charge is 1.99. The number of hydroxylamine groups is 1. The lowest BCUT2D eigenvalue weighted by Gasteiger charge is -2.07. The molecule has 1 amide bonds. The second kappa shape index (κ2) is 6.12. The van der Waals surface area contributed by atoms with Crippen molar-refractivity contribution in [2.75, 3.05) is 13.2 Å². The molecular weight excluding hydrogens is 144 g/mol. The Morgan fingerprint density at radius 3 is 2.64 bits per heavy atom. The summed E-state index contributed by atoms with van der Waals surface area (Å²) in [4.78, 5) is 15.5. The van der Waals surface area contributed by atoms with Gasteiger partial charge in [-0.3, -0.25) is 9.63 Å². The van der Waals surface area contributed by atoms with Gasteiger partial charge in [-0.25, -0.2) is 5.48 Å². The van der Waals surface area contributed by atoms with Crippen LogP contribution in [-0.4, -0.2) is 25.1 Å². The van der Waals surface area contributed by atoms with Crippen LogP contribution >= 0.6 is 0 Å². The Balaban J connectivity index is 3.23. The Morgan fingerprint density at radius 2 is 2.18 bits per heavy atom. The average Bonchev–Trinajstić information content (AvgIpc) is 1.97. The molecule has 0 rings (SSSR count). The summed E-state index contributed by atoms with van der Waals surface area (Å²) in [6.07, 6.45) is 0. The largest absolute Gasteiger partial charge is 0.306 e. The van der Waals surface area contributed by atoms with Gasteiger partial charge in [0.1, 0.15) is 0 Å². The van der Waals surface area contributed by atoms with E-state index in [1.165, 1.54) is 0 Å². The van der Waals surface area contributed by atoms with Crippen molar-refractivity contribution in [3.63, 3.8) is 0 Å². The van der Waals surface area contributed by atoms with Crippen molar-refractivity contribution in [2.45, 2.75) is 26.8 Å². The maximum atomic E-state index is 10.8. The number of hydrogen-bond donors (Lipinski definition) is 2. The van der Waals surface area contributed by atoms with Gasteiger partial charge in [0.2, 0.25) is 0 Å². The van der Waals surface area contributed by atoms with Crippen LogP contribution in [-0.2, 0) is 9.63 Å². The molecule has 0 heterocycles. The smallest absolute Gasteiger partial charge is 0.257 e. The first-order chi connectivity index (χ1) is 5.16. The standard InChI is InChI=1S/C7H16N2O2/c1-4-11-9-7(10)5-8-6(2)3/h6,8H,4-5H2,1-3H3,(H,9,10). The van der Waals surface area contributed by atoms with Gasteiger partial charge in [-0.2, -0.15) is 0 Å². The van der Waals surface area contributed by atoms with E-state index in [-0.39, 0.29) is 5.91 Å². The SMILES string of the molecule is CCONC(=O)CNC(C)C. The minimum absolute atomic E-state index is 0.138. The predicted molar refractivity (Wildman–Crippen MR) is 42.9 cm³/mol. The van der Waals surface area contributed by atoms with Gasteiger partial charge in [-0.1, -0.05) is 13.8 Å². The van der Waals surface area contributed by atoms with Crippen LogP contribution in [0.25, 0.3) is 0 Å². The molecule has 0 spiro atoms. The third kappa shape index (κ3) is 7.29. The quantitative estimate of drug-likeness (QED) is 0.559. The molecule has 0 atom stereocenters. The number of nitrogens with one attached hydrogen (secondary N) is 2. The van der Waals surface area contributed by atoms with Gasteiger partial charge >= 0.3 is 0 Å². The maximum absolute atomic E-state index is 10.8. The molecule has 0 aromatic rings. The highest BCUT2D eigenvalue weighted by Crippen LogP contribution is 1.74. The molecule has 0 saturated heterocycles. The number of rotatable bonds is 5. The number of amides is 1. The van der Waals surface area contributed by atoms with E-state index >= 15 is 0 Å². The summed E-state index contributed by atoms with van der Waals surface area (Å²) in [5, 5.41) is 2.96. The van der Waals surface area contributed by atoms with Gasteiger partial charge in [0.25, 0.3) is 5.91 Å². The minimum Gasteiger partial charge on any atom is -0.306 e. The zero-order valence-corrected chi connectivity index (χ0v) is 7.31. The van der Waals surface area contributed by atoms with Gasteiger partial charge in [0.05, 0.1) is 13.2 Å². The minimum atomic E-state index is -0.138. The van der Waals surface area contributed by atoms with Crippen LogP contribution in [0.4, 0.5) is 0 Å². The molecule has 0 unspecified atom stereocenters. The first kappa shape index (κ1) is 10.4. The third-order valence-corrected chi connectivity index (χ3v) is 1.00.